The smallest absolute Gasteiger partial charge is 0.228 e. The van der Waals surface area contributed by atoms with Gasteiger partial charge in [-0.25, -0.2) is 28.7 Å². The summed E-state index contributed by atoms with van der Waals surface area (Å²) < 4.78 is 27.0. The van der Waals surface area contributed by atoms with E-state index in [0.717, 1.165) is 19.0 Å². The molecule has 0 amide bonds. The van der Waals surface area contributed by atoms with Crippen molar-refractivity contribution in [3.63, 3.8) is 0 Å². The third kappa shape index (κ3) is 10.7. The number of nitrogens with two attached hydrogens (primary N) is 1. The Hall–Kier alpha value is -1.41. The number of aromatic nitrogens is 4. The Balaban J connectivity index is 0.000000214. The molecule has 196 valence electrons. The van der Waals surface area contributed by atoms with Crippen molar-refractivity contribution in [2.45, 2.75) is 10.1 Å². The average Bonchev–Trinajstić information content (AvgIpc) is 2.87. The Morgan fingerprint density at radius 3 is 1.86 bits per heavy atom. The van der Waals surface area contributed by atoms with Crippen molar-refractivity contribution in [3.8, 4) is 0 Å². The predicted octanol–water partition coefficient (Wildman–Crippen LogP) is 9.17. The van der Waals surface area contributed by atoms with Crippen molar-refractivity contribution in [2.24, 2.45) is 0 Å². The van der Waals surface area contributed by atoms with Gasteiger partial charge in [0, 0.05) is 23.8 Å². The molecule has 4 aromatic rings. The van der Waals surface area contributed by atoms with Crippen molar-refractivity contribution < 1.29 is 8.78 Å². The Morgan fingerprint density at radius 2 is 1.35 bits per heavy atom. The highest BCUT2D eigenvalue weighted by Crippen LogP contribution is 2.26. The maximum Gasteiger partial charge on any atom is 0.228 e. The Bertz CT molecular complexity index is 1360. The zero-order valence-electron chi connectivity index (χ0n) is 18.9. The number of hydrogen-bond acceptors (Lipinski definition) is 8. The molecule has 2 aromatic carbocycles. The minimum absolute atomic E-state index is 0.0576. The fourth-order valence-corrected chi connectivity index (χ4v) is 5.00. The SMILES string of the molecule is CSc1nc(Cl)ncc1Br.CSc1nc(Nc2ccc(F)c(Cl)c2)ncc1Br.Nc1ccc(F)c(Cl)c1. The Morgan fingerprint density at radius 1 is 0.811 bits per heavy atom. The predicted molar refractivity (Wildman–Crippen MR) is 159 cm³/mol. The quantitative estimate of drug-likeness (QED) is 0.0930. The molecule has 0 fully saturated rings. The summed E-state index contributed by atoms with van der Waals surface area (Å²) in [4.78, 5) is 16.2. The first kappa shape index (κ1) is 31.8. The topological polar surface area (TPSA) is 89.6 Å². The molecule has 2 heterocycles. The average molecular weight is 734 g/mol. The molecule has 0 bridgehead atoms. The van der Waals surface area contributed by atoms with Crippen LogP contribution in [0.2, 0.25) is 15.3 Å². The highest BCUT2D eigenvalue weighted by atomic mass is 79.9. The maximum atomic E-state index is 13.0. The minimum Gasteiger partial charge on any atom is -0.399 e. The number of anilines is 3. The second kappa shape index (κ2) is 15.9. The van der Waals surface area contributed by atoms with Crippen LogP contribution in [0.25, 0.3) is 0 Å². The second-order valence-electron chi connectivity index (χ2n) is 6.47. The van der Waals surface area contributed by atoms with E-state index in [4.69, 9.17) is 40.5 Å². The molecule has 0 saturated carbocycles. The summed E-state index contributed by atoms with van der Waals surface area (Å²) in [5.41, 5.74) is 6.38. The third-order valence-corrected chi connectivity index (χ3v) is 7.74. The van der Waals surface area contributed by atoms with Crippen LogP contribution in [0.5, 0.6) is 0 Å². The molecule has 0 aliphatic heterocycles. The van der Waals surface area contributed by atoms with Gasteiger partial charge >= 0.3 is 0 Å². The van der Waals surface area contributed by atoms with Gasteiger partial charge in [-0.1, -0.05) is 23.2 Å². The summed E-state index contributed by atoms with van der Waals surface area (Å²) in [5, 5.41) is 5.05. The van der Waals surface area contributed by atoms with Gasteiger partial charge in [-0.15, -0.1) is 23.5 Å². The first-order valence-electron chi connectivity index (χ1n) is 9.75. The molecule has 0 radical (unpaired) electrons. The number of nitrogen functional groups attached to an aromatic ring is 1. The van der Waals surface area contributed by atoms with Crippen molar-refractivity contribution in [1.29, 1.82) is 0 Å². The number of hydrogen-bond donors (Lipinski definition) is 2. The van der Waals surface area contributed by atoms with Crippen LogP contribution in [0.4, 0.5) is 26.1 Å². The summed E-state index contributed by atoms with van der Waals surface area (Å²) in [6.45, 7) is 0. The first-order valence-corrected chi connectivity index (χ1v) is 14.9. The number of benzene rings is 2. The second-order valence-corrected chi connectivity index (χ2v) is 10.9. The molecular weight excluding hydrogens is 717 g/mol. The van der Waals surface area contributed by atoms with Crippen LogP contribution in [0.1, 0.15) is 0 Å². The van der Waals surface area contributed by atoms with Crippen molar-refractivity contribution >= 4 is 108 Å². The summed E-state index contributed by atoms with van der Waals surface area (Å²) in [6.07, 6.45) is 7.16. The highest BCUT2D eigenvalue weighted by molar-refractivity contribution is 9.10. The van der Waals surface area contributed by atoms with Crippen molar-refractivity contribution in [2.75, 3.05) is 23.6 Å². The lowest BCUT2D eigenvalue weighted by molar-refractivity contribution is 0.628. The minimum atomic E-state index is -0.455. The molecule has 0 spiro atoms. The molecule has 6 nitrogen and oxygen atoms in total. The molecule has 0 aliphatic rings. The molecule has 0 unspecified atom stereocenters. The summed E-state index contributed by atoms with van der Waals surface area (Å²) in [7, 11) is 0. The number of halogens is 7. The lowest BCUT2D eigenvalue weighted by Gasteiger charge is -2.07. The van der Waals surface area contributed by atoms with Gasteiger partial charge in [0.2, 0.25) is 11.2 Å². The van der Waals surface area contributed by atoms with Crippen LogP contribution in [0.15, 0.2) is 67.8 Å². The molecule has 0 aliphatic carbocycles. The van der Waals surface area contributed by atoms with Gasteiger partial charge in [0.25, 0.3) is 0 Å². The Kier molecular flexibility index (Phi) is 13.6. The standard InChI is InChI=1S/C11H8BrClFN3S.C6H5ClFN.C5H4BrClN2S/c1-18-10-7(12)5-15-11(17-10)16-6-2-3-9(14)8(13)4-6;7-5-3-4(9)1-2-6(5)8;1-10-4-3(6)2-8-5(7)9-4/h2-5H,1H3,(H,15,16,17);1-3H,9H2;2H,1H3. The van der Waals surface area contributed by atoms with Gasteiger partial charge in [0.15, 0.2) is 0 Å². The van der Waals surface area contributed by atoms with E-state index in [1.807, 2.05) is 12.5 Å². The van der Waals surface area contributed by atoms with E-state index in [1.165, 1.54) is 53.9 Å². The van der Waals surface area contributed by atoms with E-state index < -0.39 is 11.6 Å². The number of rotatable bonds is 4. The highest BCUT2D eigenvalue weighted by Gasteiger charge is 2.06. The molecule has 0 saturated heterocycles. The maximum absolute atomic E-state index is 13.0. The third-order valence-electron chi connectivity index (χ3n) is 3.90. The van der Waals surface area contributed by atoms with Gasteiger partial charge < -0.3 is 11.1 Å². The lowest BCUT2D eigenvalue weighted by atomic mass is 10.3. The number of nitrogens with zero attached hydrogens (tertiary/aromatic N) is 4. The zero-order chi connectivity index (χ0) is 27.5. The van der Waals surface area contributed by atoms with Crippen LogP contribution < -0.4 is 11.1 Å². The van der Waals surface area contributed by atoms with Gasteiger partial charge in [-0.2, -0.15) is 0 Å². The molecule has 2 aromatic heterocycles. The normalized spacial score (nSPS) is 10.1. The molecule has 15 heteroatoms. The summed E-state index contributed by atoms with van der Waals surface area (Å²) in [5.74, 6) is -0.458. The summed E-state index contributed by atoms with van der Waals surface area (Å²) >= 11 is 26.3. The van der Waals surface area contributed by atoms with Gasteiger partial charge in [0.05, 0.1) is 19.0 Å². The van der Waals surface area contributed by atoms with Crippen LogP contribution in [-0.4, -0.2) is 32.4 Å². The van der Waals surface area contributed by atoms with E-state index in [0.29, 0.717) is 17.3 Å². The van der Waals surface area contributed by atoms with Crippen LogP contribution in [0.3, 0.4) is 0 Å². The van der Waals surface area contributed by atoms with E-state index in [9.17, 15) is 8.78 Å². The van der Waals surface area contributed by atoms with Crippen LogP contribution in [0, 0.1) is 11.6 Å². The van der Waals surface area contributed by atoms with Crippen molar-refractivity contribution in [3.05, 3.63) is 84.7 Å². The van der Waals surface area contributed by atoms with E-state index in [2.05, 4.69) is 57.1 Å². The molecular formula is C22H17Br2Cl3F2N6S2. The Labute approximate surface area is 252 Å². The first-order chi connectivity index (χ1) is 17.5. The monoisotopic (exact) mass is 730 g/mol. The van der Waals surface area contributed by atoms with Gasteiger partial charge in [-0.3, -0.25) is 0 Å². The van der Waals surface area contributed by atoms with Gasteiger partial charge in [-0.05, 0) is 92.4 Å². The molecule has 0 atom stereocenters. The van der Waals surface area contributed by atoms with Crippen LogP contribution in [-0.2, 0) is 0 Å². The fourth-order valence-electron chi connectivity index (χ4n) is 2.24. The lowest BCUT2D eigenvalue weighted by Crippen LogP contribution is -1.98. The largest absolute Gasteiger partial charge is 0.399 e. The summed E-state index contributed by atoms with van der Waals surface area (Å²) in [6, 6.07) is 8.42. The van der Waals surface area contributed by atoms with E-state index in [-0.39, 0.29) is 15.3 Å². The van der Waals surface area contributed by atoms with E-state index in [1.54, 1.807) is 18.5 Å². The van der Waals surface area contributed by atoms with Crippen molar-refractivity contribution in [1.82, 2.24) is 19.9 Å². The van der Waals surface area contributed by atoms with E-state index >= 15 is 0 Å². The zero-order valence-corrected chi connectivity index (χ0v) is 26.0. The van der Waals surface area contributed by atoms with Crippen LogP contribution >= 0.6 is 90.2 Å². The van der Waals surface area contributed by atoms with Gasteiger partial charge in [0.1, 0.15) is 21.7 Å². The molecule has 3 N–H and O–H groups in total. The number of nitrogens with one attached hydrogen (secondary N) is 1. The molecule has 4 rings (SSSR count). The molecule has 37 heavy (non-hydrogen) atoms. The number of thioether (sulfide) groups is 2. The fraction of sp³-hybridized carbons (Fsp3) is 0.0909.